The van der Waals surface area contributed by atoms with Gasteiger partial charge in [-0.1, -0.05) is 13.8 Å². The van der Waals surface area contributed by atoms with E-state index in [1.165, 1.54) is 0 Å². The first-order chi connectivity index (χ1) is 5.56. The van der Waals surface area contributed by atoms with Crippen molar-refractivity contribution in [1.29, 1.82) is 0 Å². The van der Waals surface area contributed by atoms with Crippen LogP contribution in [-0.2, 0) is 4.79 Å². The molecule has 12 heavy (non-hydrogen) atoms. The highest BCUT2D eigenvalue weighted by Gasteiger charge is 2.13. The Balaban J connectivity index is 3.77. The minimum atomic E-state index is -0.714. The Hall–Kier alpha value is -0.570. The van der Waals surface area contributed by atoms with Gasteiger partial charge in [0.2, 0.25) is 0 Å². The van der Waals surface area contributed by atoms with Crippen molar-refractivity contribution in [3.8, 4) is 0 Å². The van der Waals surface area contributed by atoms with Gasteiger partial charge in [0.15, 0.2) is 0 Å². The third-order valence-corrected chi connectivity index (χ3v) is 1.84. The number of hydrogen-bond donors (Lipinski definition) is 2. The molecule has 0 radical (unpaired) electrons. The molecule has 0 bridgehead atoms. The van der Waals surface area contributed by atoms with Gasteiger partial charge in [-0.15, -0.1) is 0 Å². The first kappa shape index (κ1) is 11.4. The molecule has 1 atom stereocenters. The SMILES string of the molecule is CC(C)C[C@H](CCN)CC(=O)O. The normalized spacial score (nSPS) is 13.3. The van der Waals surface area contributed by atoms with Crippen LogP contribution in [0, 0.1) is 11.8 Å². The number of nitrogens with two attached hydrogens (primary N) is 1. The molecule has 3 heteroatoms. The molecule has 0 aliphatic heterocycles. The Morgan fingerprint density at radius 1 is 1.50 bits per heavy atom. The summed E-state index contributed by atoms with van der Waals surface area (Å²) in [6.07, 6.45) is 2.04. The zero-order valence-electron chi connectivity index (χ0n) is 7.92. The van der Waals surface area contributed by atoms with E-state index in [1.807, 2.05) is 0 Å². The van der Waals surface area contributed by atoms with E-state index in [1.54, 1.807) is 0 Å². The predicted molar refractivity (Wildman–Crippen MR) is 48.9 cm³/mol. The molecule has 0 amide bonds. The summed E-state index contributed by atoms with van der Waals surface area (Å²) in [6.45, 7) is 4.79. The molecule has 0 heterocycles. The van der Waals surface area contributed by atoms with Gasteiger partial charge in [0.1, 0.15) is 0 Å². The van der Waals surface area contributed by atoms with Crippen LogP contribution in [0.25, 0.3) is 0 Å². The molecule has 0 saturated heterocycles. The minimum absolute atomic E-state index is 0.257. The lowest BCUT2D eigenvalue weighted by Gasteiger charge is -2.15. The summed E-state index contributed by atoms with van der Waals surface area (Å²) >= 11 is 0. The quantitative estimate of drug-likeness (QED) is 0.639. The summed E-state index contributed by atoms with van der Waals surface area (Å²) in [7, 11) is 0. The maximum Gasteiger partial charge on any atom is 0.303 e. The van der Waals surface area contributed by atoms with Crippen LogP contribution in [0.1, 0.15) is 33.1 Å². The number of carboxylic acids is 1. The summed E-state index contributed by atoms with van der Waals surface area (Å²) in [6, 6.07) is 0. The van der Waals surface area contributed by atoms with E-state index in [2.05, 4.69) is 13.8 Å². The van der Waals surface area contributed by atoms with Crippen LogP contribution in [0.2, 0.25) is 0 Å². The van der Waals surface area contributed by atoms with Gasteiger partial charge in [-0.25, -0.2) is 0 Å². The average molecular weight is 173 g/mol. The van der Waals surface area contributed by atoms with Gasteiger partial charge < -0.3 is 10.8 Å². The first-order valence-electron chi connectivity index (χ1n) is 4.48. The lowest BCUT2D eigenvalue weighted by Crippen LogP contribution is -2.14. The Morgan fingerprint density at radius 3 is 2.42 bits per heavy atom. The molecule has 0 aromatic rings. The van der Waals surface area contributed by atoms with E-state index in [4.69, 9.17) is 10.8 Å². The standard InChI is InChI=1S/C9H19NO2/c1-7(2)5-8(3-4-10)6-9(11)12/h7-8H,3-6,10H2,1-2H3,(H,11,12)/t8-/m0/s1. The second kappa shape index (κ2) is 6.00. The molecular weight excluding hydrogens is 154 g/mol. The molecule has 72 valence electrons. The molecule has 0 aromatic carbocycles. The molecule has 0 unspecified atom stereocenters. The van der Waals surface area contributed by atoms with Gasteiger partial charge in [-0.2, -0.15) is 0 Å². The van der Waals surface area contributed by atoms with Crippen LogP contribution in [0.4, 0.5) is 0 Å². The third-order valence-electron chi connectivity index (χ3n) is 1.84. The summed E-state index contributed by atoms with van der Waals surface area (Å²) in [5.41, 5.74) is 5.39. The monoisotopic (exact) mass is 173 g/mol. The third kappa shape index (κ3) is 6.16. The van der Waals surface area contributed by atoms with Crippen LogP contribution in [0.5, 0.6) is 0 Å². The Bertz CT molecular complexity index is 134. The number of carbonyl (C=O) groups is 1. The molecule has 0 rings (SSSR count). The molecular formula is C9H19NO2. The van der Waals surface area contributed by atoms with Crippen molar-refractivity contribution < 1.29 is 9.90 Å². The molecule has 3 nitrogen and oxygen atoms in total. The van der Waals surface area contributed by atoms with E-state index in [-0.39, 0.29) is 12.3 Å². The van der Waals surface area contributed by atoms with Crippen LogP contribution in [0.15, 0.2) is 0 Å². The van der Waals surface area contributed by atoms with E-state index < -0.39 is 5.97 Å². The van der Waals surface area contributed by atoms with Gasteiger partial charge in [0.25, 0.3) is 0 Å². The molecule has 0 fully saturated rings. The predicted octanol–water partition coefficient (Wildman–Crippen LogP) is 1.47. The van der Waals surface area contributed by atoms with E-state index >= 15 is 0 Å². The van der Waals surface area contributed by atoms with Crippen molar-refractivity contribution in [2.75, 3.05) is 6.54 Å². The Kier molecular flexibility index (Phi) is 5.72. The number of hydrogen-bond acceptors (Lipinski definition) is 2. The van der Waals surface area contributed by atoms with Crippen molar-refractivity contribution in [1.82, 2.24) is 0 Å². The number of aliphatic carboxylic acids is 1. The number of carboxylic acid groups (broad SMARTS) is 1. The van der Waals surface area contributed by atoms with Gasteiger partial charge in [-0.05, 0) is 31.2 Å². The summed E-state index contributed by atoms with van der Waals surface area (Å²) in [5, 5.41) is 8.58. The molecule has 0 spiro atoms. The number of rotatable bonds is 6. The van der Waals surface area contributed by atoms with Crippen molar-refractivity contribution in [2.24, 2.45) is 17.6 Å². The zero-order chi connectivity index (χ0) is 9.56. The summed E-state index contributed by atoms with van der Waals surface area (Å²) in [4.78, 5) is 10.4. The van der Waals surface area contributed by atoms with Crippen LogP contribution in [-0.4, -0.2) is 17.6 Å². The second-order valence-corrected chi connectivity index (χ2v) is 3.67. The van der Waals surface area contributed by atoms with Crippen LogP contribution in [0.3, 0.4) is 0 Å². The van der Waals surface area contributed by atoms with Crippen molar-refractivity contribution in [3.05, 3.63) is 0 Å². The Morgan fingerprint density at radius 2 is 2.08 bits per heavy atom. The highest BCUT2D eigenvalue weighted by atomic mass is 16.4. The van der Waals surface area contributed by atoms with Crippen molar-refractivity contribution in [2.45, 2.75) is 33.1 Å². The van der Waals surface area contributed by atoms with Crippen molar-refractivity contribution >= 4 is 5.97 Å². The molecule has 0 aliphatic carbocycles. The molecule has 0 saturated carbocycles. The van der Waals surface area contributed by atoms with Gasteiger partial charge >= 0.3 is 5.97 Å². The zero-order valence-corrected chi connectivity index (χ0v) is 7.92. The van der Waals surface area contributed by atoms with Gasteiger partial charge in [0, 0.05) is 6.42 Å². The lowest BCUT2D eigenvalue weighted by molar-refractivity contribution is -0.138. The fraction of sp³-hybridized carbons (Fsp3) is 0.889. The smallest absolute Gasteiger partial charge is 0.303 e. The molecule has 0 aliphatic rings. The maximum atomic E-state index is 10.4. The lowest BCUT2D eigenvalue weighted by atomic mass is 9.91. The highest BCUT2D eigenvalue weighted by molar-refractivity contribution is 5.66. The summed E-state index contributed by atoms with van der Waals surface area (Å²) < 4.78 is 0. The second-order valence-electron chi connectivity index (χ2n) is 3.67. The van der Waals surface area contributed by atoms with E-state index in [0.717, 1.165) is 12.8 Å². The molecule has 3 N–H and O–H groups in total. The first-order valence-corrected chi connectivity index (χ1v) is 4.48. The van der Waals surface area contributed by atoms with E-state index in [9.17, 15) is 4.79 Å². The largest absolute Gasteiger partial charge is 0.481 e. The van der Waals surface area contributed by atoms with Crippen LogP contribution < -0.4 is 5.73 Å². The highest BCUT2D eigenvalue weighted by Crippen LogP contribution is 2.18. The summed E-state index contributed by atoms with van der Waals surface area (Å²) in [5.74, 6) is 0.0995. The fourth-order valence-corrected chi connectivity index (χ4v) is 1.45. The van der Waals surface area contributed by atoms with Gasteiger partial charge in [-0.3, -0.25) is 4.79 Å². The fourth-order valence-electron chi connectivity index (χ4n) is 1.45. The van der Waals surface area contributed by atoms with Crippen LogP contribution >= 0.6 is 0 Å². The maximum absolute atomic E-state index is 10.4. The van der Waals surface area contributed by atoms with E-state index in [0.29, 0.717) is 12.5 Å². The molecule has 0 aromatic heterocycles. The van der Waals surface area contributed by atoms with Gasteiger partial charge in [0.05, 0.1) is 0 Å². The average Bonchev–Trinajstić information content (AvgIpc) is 1.84. The Labute approximate surface area is 74.0 Å². The minimum Gasteiger partial charge on any atom is -0.481 e. The van der Waals surface area contributed by atoms with Crippen molar-refractivity contribution in [3.63, 3.8) is 0 Å². The topological polar surface area (TPSA) is 63.3 Å².